The van der Waals surface area contributed by atoms with Gasteiger partial charge in [-0.2, -0.15) is 0 Å². The van der Waals surface area contributed by atoms with Gasteiger partial charge in [-0.15, -0.1) is 0 Å². The quantitative estimate of drug-likeness (QED) is 0.692. The van der Waals surface area contributed by atoms with Gasteiger partial charge in [0.1, 0.15) is 9.84 Å². The summed E-state index contributed by atoms with van der Waals surface area (Å²) in [4.78, 5) is 0. The van der Waals surface area contributed by atoms with Gasteiger partial charge in [-0.05, 0) is 12.1 Å². The van der Waals surface area contributed by atoms with E-state index in [-0.39, 0.29) is 0 Å². The van der Waals surface area contributed by atoms with Crippen LogP contribution in [-0.4, -0.2) is 36.1 Å². The highest BCUT2D eigenvalue weighted by atomic mass is 32.2. The number of rotatable bonds is 6. The molecule has 0 aromatic carbocycles. The van der Waals surface area contributed by atoms with Crippen LogP contribution in [0.3, 0.4) is 0 Å². The van der Waals surface area contributed by atoms with Crippen LogP contribution in [0, 0.1) is 0 Å². The molecule has 0 amide bonds. The Morgan fingerprint density at radius 3 is 1.20 bits per heavy atom. The van der Waals surface area contributed by atoms with Crippen molar-refractivity contribution in [3.05, 3.63) is 0 Å². The van der Waals surface area contributed by atoms with Gasteiger partial charge in [-0.1, -0.05) is 39.3 Å². The highest BCUT2D eigenvalue weighted by molar-refractivity contribution is 7.91. The number of sulfone groups is 1. The van der Waals surface area contributed by atoms with Crippen LogP contribution in [0.2, 0.25) is 51.4 Å². The van der Waals surface area contributed by atoms with Crippen molar-refractivity contribution in [3.8, 4) is 0 Å². The Balaban J connectivity index is 4.11. The molecular weight excluding hydrogens is 240 g/mol. The molecule has 0 radical (unpaired) electrons. The number of hydrogen-bond donors (Lipinski definition) is 0. The zero-order valence-corrected chi connectivity index (χ0v) is 13.9. The molecule has 0 aliphatic heterocycles. The molecule has 0 bridgehead atoms. The van der Waals surface area contributed by atoms with E-state index >= 15 is 0 Å². The zero-order chi connectivity index (χ0) is 12.3. The summed E-state index contributed by atoms with van der Waals surface area (Å²) in [5.41, 5.74) is 0. The third-order valence-electron chi connectivity index (χ3n) is 2.33. The molecule has 92 valence electrons. The standard InChI is InChI=1S/C10H26O2SSi2/c1-14(2,3)9-7-13(11,12)8-10-15(4,5)6/h7-10H2,1-6H3. The molecule has 0 aromatic rings. The maximum absolute atomic E-state index is 11.8. The second kappa shape index (κ2) is 5.14. The van der Waals surface area contributed by atoms with Crippen molar-refractivity contribution in [1.29, 1.82) is 0 Å². The Morgan fingerprint density at radius 2 is 1.00 bits per heavy atom. The molecule has 0 spiro atoms. The van der Waals surface area contributed by atoms with Gasteiger partial charge in [0.05, 0.1) is 0 Å². The first-order chi connectivity index (χ1) is 6.41. The minimum Gasteiger partial charge on any atom is -0.229 e. The lowest BCUT2D eigenvalue weighted by Crippen LogP contribution is -2.28. The average molecular weight is 267 g/mol. The molecule has 0 rings (SSSR count). The zero-order valence-electron chi connectivity index (χ0n) is 11.1. The lowest BCUT2D eigenvalue weighted by molar-refractivity contribution is 0.598. The van der Waals surface area contributed by atoms with E-state index in [4.69, 9.17) is 0 Å². The van der Waals surface area contributed by atoms with E-state index in [1.807, 2.05) is 0 Å². The molecule has 0 aliphatic carbocycles. The summed E-state index contributed by atoms with van der Waals surface area (Å²) in [5, 5.41) is 0. The van der Waals surface area contributed by atoms with E-state index in [0.717, 1.165) is 12.1 Å². The molecule has 0 heterocycles. The molecule has 15 heavy (non-hydrogen) atoms. The fourth-order valence-electron chi connectivity index (χ4n) is 1.03. The third kappa shape index (κ3) is 10.7. The van der Waals surface area contributed by atoms with E-state index in [1.54, 1.807) is 0 Å². The van der Waals surface area contributed by atoms with Crippen LogP contribution in [0.1, 0.15) is 0 Å². The van der Waals surface area contributed by atoms with Crippen LogP contribution >= 0.6 is 0 Å². The van der Waals surface area contributed by atoms with Crippen molar-refractivity contribution in [3.63, 3.8) is 0 Å². The van der Waals surface area contributed by atoms with Crippen molar-refractivity contribution in [2.24, 2.45) is 0 Å². The molecule has 0 fully saturated rings. The highest BCUT2D eigenvalue weighted by Crippen LogP contribution is 2.14. The van der Waals surface area contributed by atoms with E-state index in [2.05, 4.69) is 39.3 Å². The van der Waals surface area contributed by atoms with Gasteiger partial charge in [-0.3, -0.25) is 0 Å². The Hall–Kier alpha value is 0.384. The largest absolute Gasteiger partial charge is 0.229 e. The lowest BCUT2D eigenvalue weighted by atomic mass is 10.9. The lowest BCUT2D eigenvalue weighted by Gasteiger charge is -2.18. The van der Waals surface area contributed by atoms with Crippen LogP contribution in [0.25, 0.3) is 0 Å². The average Bonchev–Trinajstić information content (AvgIpc) is 1.96. The Kier molecular flexibility index (Phi) is 5.27. The Labute approximate surface area is 97.4 Å². The normalized spacial score (nSPS) is 14.3. The molecular formula is C10H26O2SSi2. The van der Waals surface area contributed by atoms with Gasteiger partial charge in [0.25, 0.3) is 0 Å². The van der Waals surface area contributed by atoms with Crippen LogP contribution in [-0.2, 0) is 9.84 Å². The molecule has 0 saturated heterocycles. The Morgan fingerprint density at radius 1 is 0.733 bits per heavy atom. The third-order valence-corrected chi connectivity index (χ3v) is 8.20. The summed E-state index contributed by atoms with van der Waals surface area (Å²) < 4.78 is 23.5. The second-order valence-corrected chi connectivity index (χ2v) is 20.3. The van der Waals surface area contributed by atoms with Crippen molar-refractivity contribution < 1.29 is 8.42 Å². The first-order valence-electron chi connectivity index (χ1n) is 5.62. The minimum atomic E-state index is -2.78. The summed E-state index contributed by atoms with van der Waals surface area (Å²) in [6.45, 7) is 13.3. The molecule has 0 atom stereocenters. The predicted molar refractivity (Wildman–Crippen MR) is 75.0 cm³/mol. The fourth-order valence-corrected chi connectivity index (χ4v) is 8.62. The highest BCUT2D eigenvalue weighted by Gasteiger charge is 2.22. The summed E-state index contributed by atoms with van der Waals surface area (Å²) >= 11 is 0. The maximum Gasteiger partial charge on any atom is 0.149 e. The smallest absolute Gasteiger partial charge is 0.149 e. The maximum atomic E-state index is 11.8. The molecule has 0 unspecified atom stereocenters. The summed E-state index contributed by atoms with van der Waals surface area (Å²) in [7, 11) is -5.20. The minimum absolute atomic E-state index is 0.410. The molecule has 0 aliphatic rings. The van der Waals surface area contributed by atoms with E-state index in [0.29, 0.717) is 11.5 Å². The number of hydrogen-bond acceptors (Lipinski definition) is 2. The van der Waals surface area contributed by atoms with Gasteiger partial charge in [0.2, 0.25) is 0 Å². The van der Waals surface area contributed by atoms with Crippen LogP contribution in [0.5, 0.6) is 0 Å². The monoisotopic (exact) mass is 266 g/mol. The van der Waals surface area contributed by atoms with E-state index in [1.165, 1.54) is 0 Å². The van der Waals surface area contributed by atoms with Gasteiger partial charge >= 0.3 is 0 Å². The molecule has 0 N–H and O–H groups in total. The molecule has 0 saturated carbocycles. The van der Waals surface area contributed by atoms with Crippen LogP contribution in [0.15, 0.2) is 0 Å². The van der Waals surface area contributed by atoms with Crippen molar-refractivity contribution in [2.75, 3.05) is 11.5 Å². The Bertz CT molecular complexity index is 260. The van der Waals surface area contributed by atoms with Crippen molar-refractivity contribution >= 4 is 26.0 Å². The fraction of sp³-hybridized carbons (Fsp3) is 1.00. The van der Waals surface area contributed by atoms with Crippen LogP contribution < -0.4 is 0 Å². The van der Waals surface area contributed by atoms with Crippen LogP contribution in [0.4, 0.5) is 0 Å². The summed E-state index contributed by atoms with van der Waals surface area (Å²) in [6, 6.07) is 1.81. The summed E-state index contributed by atoms with van der Waals surface area (Å²) in [6.07, 6.45) is 0. The topological polar surface area (TPSA) is 34.1 Å². The van der Waals surface area contributed by atoms with Gasteiger partial charge in [-0.25, -0.2) is 8.42 Å². The first-order valence-corrected chi connectivity index (χ1v) is 14.9. The van der Waals surface area contributed by atoms with E-state index in [9.17, 15) is 8.42 Å². The predicted octanol–water partition coefficient (Wildman–Crippen LogP) is 3.08. The molecule has 5 heteroatoms. The van der Waals surface area contributed by atoms with Crippen molar-refractivity contribution in [2.45, 2.75) is 51.4 Å². The molecule has 0 aromatic heterocycles. The summed E-state index contributed by atoms with van der Waals surface area (Å²) in [5.74, 6) is 0.820. The molecule has 2 nitrogen and oxygen atoms in total. The van der Waals surface area contributed by atoms with Gasteiger partial charge in [0, 0.05) is 27.7 Å². The van der Waals surface area contributed by atoms with Gasteiger partial charge in [0.15, 0.2) is 0 Å². The SMILES string of the molecule is C[Si](C)(C)CCS(=O)(=O)CC[Si](C)(C)C. The van der Waals surface area contributed by atoms with E-state index < -0.39 is 26.0 Å². The van der Waals surface area contributed by atoms with Crippen molar-refractivity contribution in [1.82, 2.24) is 0 Å². The van der Waals surface area contributed by atoms with Gasteiger partial charge < -0.3 is 0 Å². The second-order valence-electron chi connectivity index (χ2n) is 6.77. The first kappa shape index (κ1) is 15.4.